The van der Waals surface area contributed by atoms with Crippen molar-refractivity contribution in [3.63, 3.8) is 0 Å². The van der Waals surface area contributed by atoms with Gasteiger partial charge in [-0.05, 0) is 30.9 Å². The van der Waals surface area contributed by atoms with Crippen molar-refractivity contribution in [3.05, 3.63) is 23.8 Å². The first-order valence-electron chi connectivity index (χ1n) is 5.87. The molecular weight excluding hydrogens is 230 g/mol. The van der Waals surface area contributed by atoms with E-state index in [1.54, 1.807) is 0 Å². The first-order valence-corrected chi connectivity index (χ1v) is 5.87. The van der Waals surface area contributed by atoms with E-state index in [9.17, 15) is 15.0 Å². The molecule has 94 valence electrons. The van der Waals surface area contributed by atoms with Gasteiger partial charge in [0.1, 0.15) is 17.1 Å². The molecule has 1 amide bonds. The monoisotopic (exact) mass is 245 g/mol. The summed E-state index contributed by atoms with van der Waals surface area (Å²) in [5, 5.41) is 19.3. The van der Waals surface area contributed by atoms with E-state index in [4.69, 9.17) is 6.42 Å². The highest BCUT2D eigenvalue weighted by Crippen LogP contribution is 2.32. The van der Waals surface area contributed by atoms with Crippen molar-refractivity contribution in [2.45, 2.75) is 12.8 Å². The van der Waals surface area contributed by atoms with Crippen molar-refractivity contribution in [1.29, 1.82) is 0 Å². The van der Waals surface area contributed by atoms with Gasteiger partial charge in [-0.2, -0.15) is 0 Å². The third kappa shape index (κ3) is 2.57. The van der Waals surface area contributed by atoms with Crippen molar-refractivity contribution in [2.75, 3.05) is 13.1 Å². The summed E-state index contributed by atoms with van der Waals surface area (Å²) in [4.78, 5) is 13.7. The lowest BCUT2D eigenvalue weighted by Crippen LogP contribution is -2.33. The third-order valence-corrected chi connectivity index (χ3v) is 2.98. The molecule has 4 nitrogen and oxygen atoms in total. The Hall–Kier alpha value is -2.15. The van der Waals surface area contributed by atoms with Crippen molar-refractivity contribution < 1.29 is 15.0 Å². The fourth-order valence-corrected chi connectivity index (χ4v) is 1.85. The minimum atomic E-state index is -0.421. The molecule has 1 fully saturated rings. The van der Waals surface area contributed by atoms with Gasteiger partial charge in [0.25, 0.3) is 5.91 Å². The van der Waals surface area contributed by atoms with Gasteiger partial charge in [-0.25, -0.2) is 0 Å². The van der Waals surface area contributed by atoms with Crippen LogP contribution in [0.5, 0.6) is 11.5 Å². The lowest BCUT2D eigenvalue weighted by atomic mass is 10.1. The number of amides is 1. The Kier molecular flexibility index (Phi) is 3.42. The highest BCUT2D eigenvalue weighted by atomic mass is 16.3. The first-order chi connectivity index (χ1) is 8.63. The topological polar surface area (TPSA) is 60.8 Å². The lowest BCUT2D eigenvalue weighted by Gasteiger charge is -2.21. The van der Waals surface area contributed by atoms with Crippen LogP contribution in [0.15, 0.2) is 18.2 Å². The third-order valence-electron chi connectivity index (χ3n) is 2.98. The molecule has 2 rings (SSSR count). The molecule has 2 N–H and O–H groups in total. The van der Waals surface area contributed by atoms with E-state index < -0.39 is 5.91 Å². The predicted octanol–water partition coefficient (Wildman–Crippen LogP) is 1.58. The summed E-state index contributed by atoms with van der Waals surface area (Å²) in [6, 6.07) is 4.23. The minimum absolute atomic E-state index is 0.0756. The number of benzene rings is 1. The second-order valence-corrected chi connectivity index (χ2v) is 4.50. The quantitative estimate of drug-likeness (QED) is 0.792. The van der Waals surface area contributed by atoms with Crippen LogP contribution in [-0.4, -0.2) is 34.1 Å². The van der Waals surface area contributed by atoms with Crippen LogP contribution >= 0.6 is 0 Å². The fraction of sp³-hybridized carbons (Fsp3) is 0.357. The van der Waals surface area contributed by atoms with Gasteiger partial charge in [0.05, 0.1) is 6.54 Å². The maximum Gasteiger partial charge on any atom is 0.262 e. The van der Waals surface area contributed by atoms with Gasteiger partial charge in [0.2, 0.25) is 0 Å². The molecule has 1 saturated carbocycles. The molecular formula is C14H15NO3. The number of nitrogens with zero attached hydrogens (tertiary/aromatic N) is 1. The smallest absolute Gasteiger partial charge is 0.262 e. The van der Waals surface area contributed by atoms with Crippen molar-refractivity contribution in [1.82, 2.24) is 4.90 Å². The number of rotatable bonds is 4. The van der Waals surface area contributed by atoms with Gasteiger partial charge >= 0.3 is 0 Å². The van der Waals surface area contributed by atoms with Crippen LogP contribution in [0.4, 0.5) is 0 Å². The SMILES string of the molecule is C#CCN(CC1CC1)C(=O)c1c(O)cccc1O. The van der Waals surface area contributed by atoms with Crippen LogP contribution in [0.3, 0.4) is 0 Å². The second-order valence-electron chi connectivity index (χ2n) is 4.50. The highest BCUT2D eigenvalue weighted by molar-refractivity contribution is 5.99. The maximum absolute atomic E-state index is 12.3. The number of phenolic OH excluding ortho intramolecular Hbond substituents is 2. The zero-order chi connectivity index (χ0) is 13.1. The molecule has 0 atom stereocenters. The largest absolute Gasteiger partial charge is 0.507 e. The average Bonchev–Trinajstić information content (AvgIpc) is 3.12. The summed E-state index contributed by atoms with van der Waals surface area (Å²) in [7, 11) is 0. The van der Waals surface area contributed by atoms with E-state index in [1.165, 1.54) is 23.1 Å². The number of phenols is 2. The molecule has 18 heavy (non-hydrogen) atoms. The summed E-state index contributed by atoms with van der Waals surface area (Å²) in [5.41, 5.74) is -0.0756. The fourth-order valence-electron chi connectivity index (χ4n) is 1.85. The van der Waals surface area contributed by atoms with Gasteiger partial charge in [0, 0.05) is 6.54 Å². The Bertz CT molecular complexity index is 480. The molecule has 1 aromatic rings. The van der Waals surface area contributed by atoms with Gasteiger partial charge < -0.3 is 15.1 Å². The second kappa shape index (κ2) is 5.01. The van der Waals surface area contributed by atoms with E-state index in [0.29, 0.717) is 12.5 Å². The Balaban J connectivity index is 2.24. The van der Waals surface area contributed by atoms with E-state index >= 15 is 0 Å². The zero-order valence-electron chi connectivity index (χ0n) is 9.97. The molecule has 0 saturated heterocycles. The van der Waals surface area contributed by atoms with E-state index in [0.717, 1.165) is 12.8 Å². The van der Waals surface area contributed by atoms with Crippen molar-refractivity contribution in [2.24, 2.45) is 5.92 Å². The molecule has 0 spiro atoms. The molecule has 1 aliphatic carbocycles. The van der Waals surface area contributed by atoms with Crippen LogP contribution < -0.4 is 0 Å². The standard InChI is InChI=1S/C14H15NO3/c1-2-8-15(9-10-6-7-10)14(18)13-11(16)4-3-5-12(13)17/h1,3-5,10,16-17H,6-9H2. The Morgan fingerprint density at radius 3 is 2.50 bits per heavy atom. The minimum Gasteiger partial charge on any atom is -0.507 e. The lowest BCUT2D eigenvalue weighted by molar-refractivity contribution is 0.0763. The van der Waals surface area contributed by atoms with Crippen LogP contribution in [0.25, 0.3) is 0 Å². The number of aromatic hydroxyl groups is 2. The Morgan fingerprint density at radius 1 is 1.39 bits per heavy atom. The molecule has 0 bridgehead atoms. The highest BCUT2D eigenvalue weighted by Gasteiger charge is 2.29. The van der Waals surface area contributed by atoms with Gasteiger partial charge in [-0.1, -0.05) is 12.0 Å². The molecule has 1 aliphatic rings. The average molecular weight is 245 g/mol. The molecule has 0 radical (unpaired) electrons. The normalized spacial score (nSPS) is 13.9. The number of hydrogen-bond acceptors (Lipinski definition) is 3. The summed E-state index contributed by atoms with van der Waals surface area (Å²) < 4.78 is 0. The summed E-state index contributed by atoms with van der Waals surface area (Å²) in [6.07, 6.45) is 7.45. The number of carbonyl (C=O) groups excluding carboxylic acids is 1. The summed E-state index contributed by atoms with van der Waals surface area (Å²) in [6.45, 7) is 0.764. The maximum atomic E-state index is 12.3. The molecule has 4 heteroatoms. The Labute approximate surface area is 106 Å². The first kappa shape index (κ1) is 12.3. The number of hydrogen-bond donors (Lipinski definition) is 2. The van der Waals surface area contributed by atoms with Gasteiger partial charge in [0.15, 0.2) is 0 Å². The molecule has 0 aromatic heterocycles. The van der Waals surface area contributed by atoms with Gasteiger partial charge in [-0.15, -0.1) is 6.42 Å². The summed E-state index contributed by atoms with van der Waals surface area (Å²) in [5.74, 6) is 2.06. The van der Waals surface area contributed by atoms with Crippen LogP contribution in [-0.2, 0) is 0 Å². The van der Waals surface area contributed by atoms with Crippen LogP contribution in [0.1, 0.15) is 23.2 Å². The van der Waals surface area contributed by atoms with Crippen molar-refractivity contribution >= 4 is 5.91 Å². The molecule has 0 unspecified atom stereocenters. The summed E-state index contributed by atoms with van der Waals surface area (Å²) >= 11 is 0. The molecule has 0 aliphatic heterocycles. The number of terminal acetylenes is 1. The predicted molar refractivity (Wildman–Crippen MR) is 67.2 cm³/mol. The van der Waals surface area contributed by atoms with E-state index in [1.807, 2.05) is 0 Å². The number of carbonyl (C=O) groups is 1. The molecule has 0 heterocycles. The van der Waals surface area contributed by atoms with Crippen LogP contribution in [0.2, 0.25) is 0 Å². The van der Waals surface area contributed by atoms with Crippen molar-refractivity contribution in [3.8, 4) is 23.8 Å². The van der Waals surface area contributed by atoms with E-state index in [2.05, 4.69) is 5.92 Å². The zero-order valence-corrected chi connectivity index (χ0v) is 9.97. The van der Waals surface area contributed by atoms with E-state index in [-0.39, 0.29) is 23.6 Å². The molecule has 1 aromatic carbocycles. The van der Waals surface area contributed by atoms with Crippen LogP contribution in [0, 0.1) is 18.3 Å². The Morgan fingerprint density at radius 2 is 2.00 bits per heavy atom. The van der Waals surface area contributed by atoms with Gasteiger partial charge in [-0.3, -0.25) is 4.79 Å².